The van der Waals surface area contributed by atoms with E-state index in [2.05, 4.69) is 5.32 Å². The maximum atomic E-state index is 11.4. The van der Waals surface area contributed by atoms with Crippen molar-refractivity contribution in [2.75, 3.05) is 0 Å². The fourth-order valence-electron chi connectivity index (χ4n) is 1.11. The number of hydrogen-bond acceptors (Lipinski definition) is 3. The zero-order valence-corrected chi connectivity index (χ0v) is 8.49. The Morgan fingerprint density at radius 1 is 1.71 bits per heavy atom. The van der Waals surface area contributed by atoms with Gasteiger partial charge in [0, 0.05) is 0 Å². The molecular weight excluding hydrogens is 180 g/mol. The highest BCUT2D eigenvalue weighted by atomic mass is 16.3. The molecule has 78 valence electrons. The fraction of sp³-hybridized carbons (Fsp3) is 0.500. The van der Waals surface area contributed by atoms with E-state index in [0.717, 1.165) is 5.76 Å². The Morgan fingerprint density at radius 2 is 2.43 bits per heavy atom. The van der Waals surface area contributed by atoms with Crippen LogP contribution in [-0.2, 0) is 4.79 Å². The molecule has 0 aromatic carbocycles. The van der Waals surface area contributed by atoms with Crippen molar-refractivity contribution in [1.29, 1.82) is 0 Å². The van der Waals surface area contributed by atoms with E-state index in [1.807, 2.05) is 19.9 Å². The highest BCUT2D eigenvalue weighted by Crippen LogP contribution is 2.12. The number of nitrogens with two attached hydrogens (primary N) is 1. The molecule has 0 unspecified atom stereocenters. The molecule has 0 aliphatic rings. The SMILES string of the molecule is CC[C@@H](N)C(=O)N[C@H](C)c1ccco1. The second-order valence-electron chi connectivity index (χ2n) is 3.26. The molecule has 1 rings (SSSR count). The third kappa shape index (κ3) is 2.60. The summed E-state index contributed by atoms with van der Waals surface area (Å²) in [4.78, 5) is 11.4. The van der Waals surface area contributed by atoms with Crippen LogP contribution < -0.4 is 11.1 Å². The van der Waals surface area contributed by atoms with Crippen molar-refractivity contribution >= 4 is 5.91 Å². The van der Waals surface area contributed by atoms with E-state index in [1.165, 1.54) is 0 Å². The first-order chi connectivity index (χ1) is 6.65. The van der Waals surface area contributed by atoms with Crippen molar-refractivity contribution in [1.82, 2.24) is 5.32 Å². The lowest BCUT2D eigenvalue weighted by molar-refractivity contribution is -0.123. The van der Waals surface area contributed by atoms with Gasteiger partial charge in [0.15, 0.2) is 0 Å². The van der Waals surface area contributed by atoms with Crippen LogP contribution in [0.15, 0.2) is 22.8 Å². The summed E-state index contributed by atoms with van der Waals surface area (Å²) in [6.45, 7) is 3.74. The Morgan fingerprint density at radius 3 is 2.93 bits per heavy atom. The van der Waals surface area contributed by atoms with Crippen molar-refractivity contribution < 1.29 is 9.21 Å². The van der Waals surface area contributed by atoms with Gasteiger partial charge in [-0.3, -0.25) is 4.79 Å². The summed E-state index contributed by atoms with van der Waals surface area (Å²) in [5, 5.41) is 2.78. The first-order valence-corrected chi connectivity index (χ1v) is 4.74. The van der Waals surface area contributed by atoms with Crippen LogP contribution in [0.3, 0.4) is 0 Å². The second kappa shape index (κ2) is 4.81. The first-order valence-electron chi connectivity index (χ1n) is 4.74. The predicted molar refractivity (Wildman–Crippen MR) is 53.5 cm³/mol. The quantitative estimate of drug-likeness (QED) is 0.760. The van der Waals surface area contributed by atoms with E-state index >= 15 is 0 Å². The summed E-state index contributed by atoms with van der Waals surface area (Å²) in [6.07, 6.45) is 2.22. The number of nitrogens with one attached hydrogen (secondary N) is 1. The zero-order chi connectivity index (χ0) is 10.6. The molecule has 4 nitrogen and oxygen atoms in total. The van der Waals surface area contributed by atoms with Crippen LogP contribution in [0.25, 0.3) is 0 Å². The highest BCUT2D eigenvalue weighted by molar-refractivity contribution is 5.81. The smallest absolute Gasteiger partial charge is 0.237 e. The average Bonchev–Trinajstić information content (AvgIpc) is 2.69. The third-order valence-corrected chi connectivity index (χ3v) is 2.11. The van der Waals surface area contributed by atoms with Gasteiger partial charge in [-0.2, -0.15) is 0 Å². The number of carbonyl (C=O) groups excluding carboxylic acids is 1. The molecule has 3 N–H and O–H groups in total. The van der Waals surface area contributed by atoms with E-state index in [-0.39, 0.29) is 11.9 Å². The number of hydrogen-bond donors (Lipinski definition) is 2. The molecule has 2 atom stereocenters. The Kier molecular flexibility index (Phi) is 3.71. The minimum atomic E-state index is -0.438. The molecule has 0 saturated heterocycles. The lowest BCUT2D eigenvalue weighted by Crippen LogP contribution is -2.41. The van der Waals surface area contributed by atoms with Crippen LogP contribution in [0, 0.1) is 0 Å². The first kappa shape index (κ1) is 10.8. The molecule has 1 heterocycles. The normalized spacial score (nSPS) is 14.8. The molecule has 14 heavy (non-hydrogen) atoms. The molecular formula is C10H16N2O2. The van der Waals surface area contributed by atoms with E-state index < -0.39 is 6.04 Å². The minimum Gasteiger partial charge on any atom is -0.467 e. The molecule has 0 aliphatic carbocycles. The van der Waals surface area contributed by atoms with Crippen LogP contribution in [0.1, 0.15) is 32.1 Å². The zero-order valence-electron chi connectivity index (χ0n) is 8.49. The van der Waals surface area contributed by atoms with Crippen molar-refractivity contribution in [3.05, 3.63) is 24.2 Å². The van der Waals surface area contributed by atoms with Gasteiger partial charge in [0.05, 0.1) is 18.3 Å². The molecule has 4 heteroatoms. The third-order valence-electron chi connectivity index (χ3n) is 2.11. The number of carbonyl (C=O) groups is 1. The van der Waals surface area contributed by atoms with Crippen LogP contribution in [0.5, 0.6) is 0 Å². The van der Waals surface area contributed by atoms with Gasteiger partial charge in [-0.15, -0.1) is 0 Å². The van der Waals surface area contributed by atoms with E-state index in [9.17, 15) is 4.79 Å². The van der Waals surface area contributed by atoms with Gasteiger partial charge in [-0.1, -0.05) is 6.92 Å². The van der Waals surface area contributed by atoms with Gasteiger partial charge >= 0.3 is 0 Å². The second-order valence-corrected chi connectivity index (χ2v) is 3.26. The van der Waals surface area contributed by atoms with Crippen molar-refractivity contribution in [3.63, 3.8) is 0 Å². The van der Waals surface area contributed by atoms with Crippen molar-refractivity contribution in [3.8, 4) is 0 Å². The molecule has 0 radical (unpaired) electrons. The van der Waals surface area contributed by atoms with E-state index in [1.54, 1.807) is 12.3 Å². The maximum absolute atomic E-state index is 11.4. The summed E-state index contributed by atoms with van der Waals surface area (Å²) in [5.41, 5.74) is 5.58. The van der Waals surface area contributed by atoms with Crippen LogP contribution in [0.4, 0.5) is 0 Å². The van der Waals surface area contributed by atoms with E-state index in [4.69, 9.17) is 10.2 Å². The fourth-order valence-corrected chi connectivity index (χ4v) is 1.11. The molecule has 0 aliphatic heterocycles. The van der Waals surface area contributed by atoms with Crippen molar-refractivity contribution in [2.24, 2.45) is 5.73 Å². The molecule has 0 fully saturated rings. The topological polar surface area (TPSA) is 68.3 Å². The predicted octanol–water partition coefficient (Wildman–Crippen LogP) is 1.19. The summed E-state index contributed by atoms with van der Waals surface area (Å²) in [5.74, 6) is 0.595. The Hall–Kier alpha value is -1.29. The Bertz CT molecular complexity index is 282. The minimum absolute atomic E-state index is 0.130. The van der Waals surface area contributed by atoms with Crippen LogP contribution in [0.2, 0.25) is 0 Å². The average molecular weight is 196 g/mol. The van der Waals surface area contributed by atoms with Crippen molar-refractivity contribution in [2.45, 2.75) is 32.4 Å². The van der Waals surface area contributed by atoms with Gasteiger partial charge in [-0.25, -0.2) is 0 Å². The molecule has 1 aromatic heterocycles. The summed E-state index contributed by atoms with van der Waals surface area (Å²) >= 11 is 0. The van der Waals surface area contributed by atoms with Gasteiger partial charge in [0.2, 0.25) is 5.91 Å². The molecule has 0 saturated carbocycles. The van der Waals surface area contributed by atoms with Gasteiger partial charge in [-0.05, 0) is 25.5 Å². The monoisotopic (exact) mass is 196 g/mol. The number of furan rings is 1. The lowest BCUT2D eigenvalue weighted by Gasteiger charge is -2.14. The van der Waals surface area contributed by atoms with Crippen LogP contribution >= 0.6 is 0 Å². The summed E-state index contributed by atoms with van der Waals surface area (Å²) < 4.78 is 5.15. The highest BCUT2D eigenvalue weighted by Gasteiger charge is 2.15. The number of rotatable bonds is 4. The molecule has 0 spiro atoms. The standard InChI is InChI=1S/C10H16N2O2/c1-3-8(11)10(13)12-7(2)9-5-4-6-14-9/h4-8H,3,11H2,1-2H3,(H,12,13)/t7-,8-/m1/s1. The van der Waals surface area contributed by atoms with E-state index in [0.29, 0.717) is 6.42 Å². The molecule has 0 bridgehead atoms. The van der Waals surface area contributed by atoms with Crippen LogP contribution in [-0.4, -0.2) is 11.9 Å². The van der Waals surface area contributed by atoms with Gasteiger partial charge in [0.25, 0.3) is 0 Å². The van der Waals surface area contributed by atoms with Gasteiger partial charge in [0.1, 0.15) is 5.76 Å². The van der Waals surface area contributed by atoms with Gasteiger partial charge < -0.3 is 15.5 Å². The maximum Gasteiger partial charge on any atom is 0.237 e. The Labute approximate surface area is 83.5 Å². The Balaban J connectivity index is 2.49. The number of amides is 1. The lowest BCUT2D eigenvalue weighted by atomic mass is 10.2. The largest absolute Gasteiger partial charge is 0.467 e. The summed E-state index contributed by atoms with van der Waals surface area (Å²) in [7, 11) is 0. The molecule has 1 aromatic rings. The summed E-state index contributed by atoms with van der Waals surface area (Å²) in [6, 6.07) is 3.04. The molecule has 1 amide bonds.